The lowest BCUT2D eigenvalue weighted by Gasteiger charge is -2.31. The molecule has 1 N–H and O–H groups in total. The molecule has 24 heavy (non-hydrogen) atoms. The lowest BCUT2D eigenvalue weighted by molar-refractivity contribution is 0.0853. The van der Waals surface area contributed by atoms with Crippen molar-refractivity contribution in [2.24, 2.45) is 11.8 Å². The van der Waals surface area contributed by atoms with Gasteiger partial charge in [-0.3, -0.25) is 4.79 Å². The second kappa shape index (κ2) is 8.78. The van der Waals surface area contributed by atoms with Crippen molar-refractivity contribution in [2.45, 2.75) is 19.8 Å². The molecule has 1 fully saturated rings. The molecular formula is C18H25FN2O3. The van der Waals surface area contributed by atoms with Crippen LogP contribution in [0.25, 0.3) is 0 Å². The summed E-state index contributed by atoms with van der Waals surface area (Å²) in [7, 11) is 1.64. The fourth-order valence-corrected chi connectivity index (χ4v) is 2.91. The van der Waals surface area contributed by atoms with Crippen LogP contribution in [0, 0.1) is 17.7 Å². The molecule has 0 radical (unpaired) electrons. The third-order valence-electron chi connectivity index (χ3n) is 4.33. The number of piperidine rings is 1. The molecule has 0 saturated carbocycles. The number of Topliss-reactive ketones (excluding diaryl/α,β-unsaturated/α-hetero) is 1. The monoisotopic (exact) mass is 336 g/mol. The SMILES string of the molecule is COC[C@@H](C)CNC(=O)N1CCC(C(=O)c2ccc(F)cc2)CC1. The van der Waals surface area contributed by atoms with Gasteiger partial charge in [0, 0.05) is 38.2 Å². The largest absolute Gasteiger partial charge is 0.384 e. The maximum atomic E-state index is 12.9. The Labute approximate surface area is 142 Å². The molecule has 1 aliphatic heterocycles. The van der Waals surface area contributed by atoms with Crippen LogP contribution >= 0.6 is 0 Å². The van der Waals surface area contributed by atoms with Crippen LogP contribution in [0.15, 0.2) is 24.3 Å². The van der Waals surface area contributed by atoms with Crippen LogP contribution in [0.2, 0.25) is 0 Å². The fraction of sp³-hybridized carbons (Fsp3) is 0.556. The zero-order valence-corrected chi connectivity index (χ0v) is 14.3. The van der Waals surface area contributed by atoms with Gasteiger partial charge in [-0.15, -0.1) is 0 Å². The number of carbonyl (C=O) groups is 2. The van der Waals surface area contributed by atoms with Crippen LogP contribution in [0.5, 0.6) is 0 Å². The van der Waals surface area contributed by atoms with Gasteiger partial charge in [-0.25, -0.2) is 9.18 Å². The summed E-state index contributed by atoms with van der Waals surface area (Å²) in [4.78, 5) is 26.3. The van der Waals surface area contributed by atoms with Gasteiger partial charge in [-0.2, -0.15) is 0 Å². The van der Waals surface area contributed by atoms with Gasteiger partial charge in [0.25, 0.3) is 0 Å². The van der Waals surface area contributed by atoms with E-state index in [2.05, 4.69) is 5.32 Å². The summed E-state index contributed by atoms with van der Waals surface area (Å²) < 4.78 is 18.0. The topological polar surface area (TPSA) is 58.6 Å². The molecule has 0 aromatic heterocycles. The van der Waals surface area contributed by atoms with E-state index in [0.717, 1.165) is 0 Å². The summed E-state index contributed by atoms with van der Waals surface area (Å²) in [6.07, 6.45) is 1.27. The number of nitrogens with one attached hydrogen (secondary N) is 1. The minimum absolute atomic E-state index is 0.0313. The standard InChI is InChI=1S/C18H25FN2O3/c1-13(12-24-2)11-20-18(23)21-9-7-15(8-10-21)17(22)14-3-5-16(19)6-4-14/h3-6,13,15H,7-12H2,1-2H3,(H,20,23)/t13-/m0/s1. The number of likely N-dealkylation sites (tertiary alicyclic amines) is 1. The maximum Gasteiger partial charge on any atom is 0.317 e. The molecule has 1 heterocycles. The Hall–Kier alpha value is -1.95. The number of methoxy groups -OCH3 is 1. The number of carbonyl (C=O) groups excluding carboxylic acids is 2. The highest BCUT2D eigenvalue weighted by Crippen LogP contribution is 2.22. The number of amides is 2. The van der Waals surface area contributed by atoms with Crippen LogP contribution in [0.1, 0.15) is 30.1 Å². The molecule has 2 rings (SSSR count). The van der Waals surface area contributed by atoms with Crippen LogP contribution in [0.4, 0.5) is 9.18 Å². The van der Waals surface area contributed by atoms with E-state index in [-0.39, 0.29) is 29.5 Å². The molecule has 2 amide bonds. The highest BCUT2D eigenvalue weighted by molar-refractivity contribution is 5.98. The third kappa shape index (κ3) is 5.03. The minimum Gasteiger partial charge on any atom is -0.384 e. The van der Waals surface area contributed by atoms with Crippen molar-refractivity contribution < 1.29 is 18.7 Å². The van der Waals surface area contributed by atoms with Crippen LogP contribution in [-0.4, -0.2) is 50.1 Å². The molecule has 1 aromatic rings. The van der Waals surface area contributed by atoms with E-state index < -0.39 is 0 Å². The van der Waals surface area contributed by atoms with Gasteiger partial charge < -0.3 is 15.0 Å². The molecule has 0 bridgehead atoms. The molecule has 1 aromatic carbocycles. The van der Waals surface area contributed by atoms with Crippen molar-refractivity contribution in [2.75, 3.05) is 33.4 Å². The first-order valence-corrected chi connectivity index (χ1v) is 8.32. The average Bonchev–Trinajstić information content (AvgIpc) is 2.60. The van der Waals surface area contributed by atoms with E-state index in [1.54, 1.807) is 12.0 Å². The number of benzene rings is 1. The summed E-state index contributed by atoms with van der Waals surface area (Å²) in [5, 5.41) is 2.90. The van der Waals surface area contributed by atoms with Crippen molar-refractivity contribution in [3.8, 4) is 0 Å². The summed E-state index contributed by atoms with van der Waals surface area (Å²) >= 11 is 0. The van der Waals surface area contributed by atoms with Crippen LogP contribution < -0.4 is 5.32 Å². The predicted octanol–water partition coefficient (Wildman–Crippen LogP) is 2.71. The molecule has 5 nitrogen and oxygen atoms in total. The molecular weight excluding hydrogens is 311 g/mol. The molecule has 1 aliphatic rings. The molecule has 1 saturated heterocycles. The molecule has 1 atom stereocenters. The number of hydrogen-bond acceptors (Lipinski definition) is 3. The van der Waals surface area contributed by atoms with Gasteiger partial charge in [0.1, 0.15) is 5.82 Å². The molecule has 0 aliphatic carbocycles. The zero-order chi connectivity index (χ0) is 17.5. The Morgan fingerprint density at radius 3 is 2.50 bits per heavy atom. The van der Waals surface area contributed by atoms with Crippen LogP contribution in [0.3, 0.4) is 0 Å². The Morgan fingerprint density at radius 2 is 1.92 bits per heavy atom. The smallest absolute Gasteiger partial charge is 0.317 e. The number of hydrogen-bond donors (Lipinski definition) is 1. The first kappa shape index (κ1) is 18.4. The van der Waals surface area contributed by atoms with E-state index >= 15 is 0 Å². The second-order valence-corrected chi connectivity index (χ2v) is 6.38. The Morgan fingerprint density at radius 1 is 1.29 bits per heavy atom. The summed E-state index contributed by atoms with van der Waals surface area (Å²) in [6.45, 7) is 4.30. The number of urea groups is 1. The lowest BCUT2D eigenvalue weighted by atomic mass is 9.89. The fourth-order valence-electron chi connectivity index (χ4n) is 2.91. The molecule has 6 heteroatoms. The Kier molecular flexibility index (Phi) is 6.73. The summed E-state index contributed by atoms with van der Waals surface area (Å²) in [5.41, 5.74) is 0.535. The Balaban J connectivity index is 1.79. The highest BCUT2D eigenvalue weighted by atomic mass is 19.1. The third-order valence-corrected chi connectivity index (χ3v) is 4.33. The number of halogens is 1. The second-order valence-electron chi connectivity index (χ2n) is 6.38. The predicted molar refractivity (Wildman–Crippen MR) is 89.5 cm³/mol. The van der Waals surface area contributed by atoms with Crippen molar-refractivity contribution in [1.82, 2.24) is 10.2 Å². The first-order chi connectivity index (χ1) is 11.5. The van der Waals surface area contributed by atoms with E-state index in [1.807, 2.05) is 6.92 Å². The normalized spacial score (nSPS) is 16.7. The van der Waals surface area contributed by atoms with E-state index in [9.17, 15) is 14.0 Å². The van der Waals surface area contributed by atoms with Gasteiger partial charge in [-0.1, -0.05) is 6.92 Å². The van der Waals surface area contributed by atoms with Crippen molar-refractivity contribution in [3.63, 3.8) is 0 Å². The number of ether oxygens (including phenoxy) is 1. The van der Waals surface area contributed by atoms with Crippen LogP contribution in [-0.2, 0) is 4.74 Å². The minimum atomic E-state index is -0.347. The highest BCUT2D eigenvalue weighted by Gasteiger charge is 2.28. The molecule has 0 spiro atoms. The van der Waals surface area contributed by atoms with Gasteiger partial charge in [0.05, 0.1) is 6.61 Å². The Bertz CT molecular complexity index is 554. The van der Waals surface area contributed by atoms with E-state index in [1.165, 1.54) is 24.3 Å². The van der Waals surface area contributed by atoms with Crippen molar-refractivity contribution >= 4 is 11.8 Å². The zero-order valence-electron chi connectivity index (χ0n) is 14.3. The first-order valence-electron chi connectivity index (χ1n) is 8.32. The summed E-state index contributed by atoms with van der Waals surface area (Å²) in [5.74, 6) is -0.159. The number of ketones is 1. The molecule has 0 unspecified atom stereocenters. The van der Waals surface area contributed by atoms with E-state index in [0.29, 0.717) is 44.6 Å². The summed E-state index contributed by atoms with van der Waals surface area (Å²) in [6, 6.07) is 5.56. The maximum absolute atomic E-state index is 12.9. The molecule has 132 valence electrons. The quantitative estimate of drug-likeness (QED) is 0.813. The van der Waals surface area contributed by atoms with E-state index in [4.69, 9.17) is 4.74 Å². The van der Waals surface area contributed by atoms with Gasteiger partial charge in [0.15, 0.2) is 5.78 Å². The number of rotatable bonds is 6. The number of nitrogens with zero attached hydrogens (tertiary/aromatic N) is 1. The van der Waals surface area contributed by atoms with Gasteiger partial charge >= 0.3 is 6.03 Å². The van der Waals surface area contributed by atoms with Gasteiger partial charge in [0.2, 0.25) is 0 Å². The van der Waals surface area contributed by atoms with Gasteiger partial charge in [-0.05, 0) is 43.0 Å². The van der Waals surface area contributed by atoms with Crippen molar-refractivity contribution in [1.29, 1.82) is 0 Å². The van der Waals surface area contributed by atoms with Crippen molar-refractivity contribution in [3.05, 3.63) is 35.6 Å². The average molecular weight is 336 g/mol. The lowest BCUT2D eigenvalue weighted by Crippen LogP contribution is -2.46.